The van der Waals surface area contributed by atoms with Crippen molar-refractivity contribution in [1.82, 2.24) is 0 Å². The molecule has 1 aliphatic carbocycles. The highest BCUT2D eigenvalue weighted by Crippen LogP contribution is 2.33. The van der Waals surface area contributed by atoms with Crippen LogP contribution >= 0.6 is 0 Å². The van der Waals surface area contributed by atoms with Gasteiger partial charge in [0, 0.05) is 12.0 Å². The van der Waals surface area contributed by atoms with Gasteiger partial charge in [-0.15, -0.1) is 0 Å². The fraction of sp³-hybridized carbons (Fsp3) is 0.471. The predicted octanol–water partition coefficient (Wildman–Crippen LogP) is 4.16. The molecule has 1 aromatic rings. The highest BCUT2D eigenvalue weighted by molar-refractivity contribution is 6.01. The van der Waals surface area contributed by atoms with Gasteiger partial charge in [0.05, 0.1) is 12.2 Å². The first-order valence-electron chi connectivity index (χ1n) is 7.23. The molecule has 0 amide bonds. The molecule has 2 heteroatoms. The molecule has 2 nitrogen and oxygen atoms in total. The average molecular weight is 256 g/mol. The third kappa shape index (κ3) is 2.58. The molecule has 1 aromatic carbocycles. The third-order valence-corrected chi connectivity index (χ3v) is 4.09. The molecular weight excluding hydrogens is 236 g/mol. The molecule has 0 spiro atoms. The number of hydrogen-bond acceptors (Lipinski definition) is 2. The number of Topliss-reactive ketones (excluding diaryl/α,β-unsaturated/α-hetero) is 1. The molecule has 100 valence electrons. The highest BCUT2D eigenvalue weighted by Gasteiger charge is 2.21. The van der Waals surface area contributed by atoms with Crippen LogP contribution in [0, 0.1) is 12.8 Å². The lowest BCUT2D eigenvalue weighted by Crippen LogP contribution is -2.16. The van der Waals surface area contributed by atoms with Crippen molar-refractivity contribution in [1.29, 1.82) is 0 Å². The Morgan fingerprint density at radius 2 is 2.05 bits per heavy atom. The monoisotopic (exact) mass is 256 g/mol. The van der Waals surface area contributed by atoms with Gasteiger partial charge in [-0.2, -0.15) is 0 Å². The van der Waals surface area contributed by atoms with Crippen molar-refractivity contribution in [3.05, 3.63) is 34.9 Å². The maximum Gasteiger partial charge on any atom is 0.170 e. The zero-order chi connectivity index (χ0) is 13.2. The maximum absolute atomic E-state index is 11.9. The van der Waals surface area contributed by atoms with Crippen LogP contribution < -0.4 is 4.74 Å². The standard InChI is InChI=1S/C17H20O2/c1-12-10-14(7-6-13-4-2-3-5-13)17-15(11-12)16(18)8-9-19-17/h6-7,10-11,13H,2-5,8-9H2,1H3/b7-6-. The summed E-state index contributed by atoms with van der Waals surface area (Å²) in [5.41, 5.74) is 2.95. The van der Waals surface area contributed by atoms with E-state index in [4.69, 9.17) is 4.74 Å². The fourth-order valence-electron chi connectivity index (χ4n) is 3.06. The smallest absolute Gasteiger partial charge is 0.170 e. The fourth-order valence-corrected chi connectivity index (χ4v) is 3.06. The summed E-state index contributed by atoms with van der Waals surface area (Å²) >= 11 is 0. The number of carbonyl (C=O) groups excluding carboxylic acids is 1. The summed E-state index contributed by atoms with van der Waals surface area (Å²) < 4.78 is 5.72. The Morgan fingerprint density at radius 3 is 2.84 bits per heavy atom. The summed E-state index contributed by atoms with van der Waals surface area (Å²) in [6.07, 6.45) is 10.2. The van der Waals surface area contributed by atoms with E-state index >= 15 is 0 Å². The molecule has 19 heavy (non-hydrogen) atoms. The molecule has 0 unspecified atom stereocenters. The first-order valence-corrected chi connectivity index (χ1v) is 7.23. The molecule has 0 atom stereocenters. The van der Waals surface area contributed by atoms with E-state index in [1.807, 2.05) is 13.0 Å². The lowest BCUT2D eigenvalue weighted by atomic mass is 9.97. The number of carbonyl (C=O) groups is 1. The summed E-state index contributed by atoms with van der Waals surface area (Å²) in [7, 11) is 0. The summed E-state index contributed by atoms with van der Waals surface area (Å²) in [4.78, 5) is 11.9. The molecule has 0 aromatic heterocycles. The van der Waals surface area contributed by atoms with Gasteiger partial charge >= 0.3 is 0 Å². The molecule has 1 fully saturated rings. The number of hydrogen-bond donors (Lipinski definition) is 0. The normalized spacial score (nSPS) is 19.7. The van der Waals surface area contributed by atoms with E-state index in [9.17, 15) is 4.79 Å². The van der Waals surface area contributed by atoms with Crippen molar-refractivity contribution in [2.75, 3.05) is 6.61 Å². The van der Waals surface area contributed by atoms with Crippen LogP contribution in [0.2, 0.25) is 0 Å². The Hall–Kier alpha value is -1.57. The van der Waals surface area contributed by atoms with E-state index in [-0.39, 0.29) is 5.78 Å². The van der Waals surface area contributed by atoms with E-state index in [1.54, 1.807) is 0 Å². The Morgan fingerprint density at radius 1 is 1.26 bits per heavy atom. The van der Waals surface area contributed by atoms with Gasteiger partial charge in [-0.3, -0.25) is 4.79 Å². The summed E-state index contributed by atoms with van der Waals surface area (Å²) in [6.45, 7) is 2.55. The van der Waals surface area contributed by atoms with E-state index < -0.39 is 0 Å². The van der Waals surface area contributed by atoms with Crippen LogP contribution in [-0.2, 0) is 0 Å². The largest absolute Gasteiger partial charge is 0.492 e. The van der Waals surface area contributed by atoms with Gasteiger partial charge < -0.3 is 4.74 Å². The molecule has 0 saturated heterocycles. The molecule has 1 heterocycles. The Balaban J connectivity index is 1.94. The van der Waals surface area contributed by atoms with Crippen LogP contribution in [-0.4, -0.2) is 12.4 Å². The van der Waals surface area contributed by atoms with Gasteiger partial charge in [-0.05, 0) is 43.4 Å². The summed E-state index contributed by atoms with van der Waals surface area (Å²) in [6, 6.07) is 4.06. The third-order valence-electron chi connectivity index (χ3n) is 4.09. The van der Waals surface area contributed by atoms with Crippen LogP contribution in [0.1, 0.15) is 53.6 Å². The van der Waals surface area contributed by atoms with Gasteiger partial charge in [-0.1, -0.05) is 25.0 Å². The Bertz CT molecular complexity index is 522. The van der Waals surface area contributed by atoms with Crippen LogP contribution in [0.5, 0.6) is 5.75 Å². The quantitative estimate of drug-likeness (QED) is 0.794. The molecule has 1 aliphatic heterocycles. The SMILES string of the molecule is Cc1cc(/C=C\C2CCCC2)c2c(c1)C(=O)CCO2. The minimum atomic E-state index is 0.209. The minimum Gasteiger partial charge on any atom is -0.492 e. The van der Waals surface area contributed by atoms with E-state index in [0.717, 1.165) is 22.4 Å². The lowest BCUT2D eigenvalue weighted by molar-refractivity contribution is 0.0933. The molecule has 3 rings (SSSR count). The number of ketones is 1. The van der Waals surface area contributed by atoms with Crippen molar-refractivity contribution in [3.63, 3.8) is 0 Å². The summed E-state index contributed by atoms with van der Waals surface area (Å²) in [5, 5.41) is 0. The number of benzene rings is 1. The zero-order valence-electron chi connectivity index (χ0n) is 11.4. The van der Waals surface area contributed by atoms with Crippen molar-refractivity contribution in [2.24, 2.45) is 5.92 Å². The zero-order valence-corrected chi connectivity index (χ0v) is 11.4. The minimum absolute atomic E-state index is 0.209. The van der Waals surface area contributed by atoms with Gasteiger partial charge in [0.2, 0.25) is 0 Å². The number of fused-ring (bicyclic) bond motifs is 1. The van der Waals surface area contributed by atoms with Crippen molar-refractivity contribution in [2.45, 2.75) is 39.0 Å². The highest BCUT2D eigenvalue weighted by atomic mass is 16.5. The molecule has 0 bridgehead atoms. The molecule has 0 radical (unpaired) electrons. The van der Waals surface area contributed by atoms with Crippen molar-refractivity contribution in [3.8, 4) is 5.75 Å². The molecular formula is C17H20O2. The number of ether oxygens (including phenoxy) is 1. The van der Waals surface area contributed by atoms with E-state index in [0.29, 0.717) is 18.9 Å². The summed E-state index contributed by atoms with van der Waals surface area (Å²) in [5.74, 6) is 1.70. The predicted molar refractivity (Wildman–Crippen MR) is 76.6 cm³/mol. The van der Waals surface area contributed by atoms with Crippen LogP contribution in [0.4, 0.5) is 0 Å². The Kier molecular flexibility index (Phi) is 3.41. The lowest BCUT2D eigenvalue weighted by Gasteiger charge is -2.19. The van der Waals surface area contributed by atoms with E-state index in [1.165, 1.54) is 25.7 Å². The number of rotatable bonds is 2. The first-order chi connectivity index (χ1) is 9.24. The van der Waals surface area contributed by atoms with Gasteiger partial charge in [-0.25, -0.2) is 0 Å². The van der Waals surface area contributed by atoms with E-state index in [2.05, 4.69) is 18.2 Å². The second-order valence-electron chi connectivity index (χ2n) is 5.66. The second kappa shape index (κ2) is 5.20. The molecule has 0 N–H and O–H groups in total. The van der Waals surface area contributed by atoms with Crippen LogP contribution in [0.3, 0.4) is 0 Å². The van der Waals surface area contributed by atoms with Crippen molar-refractivity contribution < 1.29 is 9.53 Å². The van der Waals surface area contributed by atoms with Crippen LogP contribution in [0.15, 0.2) is 18.2 Å². The molecule has 1 saturated carbocycles. The van der Waals surface area contributed by atoms with Crippen LogP contribution in [0.25, 0.3) is 6.08 Å². The van der Waals surface area contributed by atoms with Gasteiger partial charge in [0.15, 0.2) is 5.78 Å². The van der Waals surface area contributed by atoms with Gasteiger partial charge in [0.1, 0.15) is 5.75 Å². The number of aryl methyl sites for hydroxylation is 1. The topological polar surface area (TPSA) is 26.3 Å². The first kappa shape index (κ1) is 12.5. The average Bonchev–Trinajstić information content (AvgIpc) is 2.90. The van der Waals surface area contributed by atoms with Gasteiger partial charge in [0.25, 0.3) is 0 Å². The molecule has 2 aliphatic rings. The Labute approximate surface area is 114 Å². The second-order valence-corrected chi connectivity index (χ2v) is 5.66. The maximum atomic E-state index is 11.9. The van der Waals surface area contributed by atoms with Crippen molar-refractivity contribution >= 4 is 11.9 Å². The number of allylic oxidation sites excluding steroid dienone is 1.